The van der Waals surface area contributed by atoms with Gasteiger partial charge in [0.2, 0.25) is 5.91 Å². The molecule has 0 aromatic carbocycles. The lowest BCUT2D eigenvalue weighted by Crippen LogP contribution is -2.50. The summed E-state index contributed by atoms with van der Waals surface area (Å²) in [6, 6.07) is 0.211. The molecule has 2 aliphatic carbocycles. The Morgan fingerprint density at radius 1 is 1.30 bits per heavy atom. The summed E-state index contributed by atoms with van der Waals surface area (Å²) in [5.74, 6) is 0.657. The highest BCUT2D eigenvalue weighted by molar-refractivity contribution is 5.79. The third kappa shape index (κ3) is 3.48. The molecule has 0 aromatic heterocycles. The normalized spacial score (nSPS) is 33.2. The van der Waals surface area contributed by atoms with Gasteiger partial charge in [-0.05, 0) is 43.9 Å². The molecule has 2 N–H and O–H groups in total. The van der Waals surface area contributed by atoms with E-state index in [2.05, 4.69) is 0 Å². The average Bonchev–Trinajstić information content (AvgIpc) is 2.36. The number of hydrogen-bond donors (Lipinski definition) is 1. The van der Waals surface area contributed by atoms with Crippen LogP contribution in [0.1, 0.15) is 45.4 Å². The van der Waals surface area contributed by atoms with Crippen molar-refractivity contribution in [3.8, 4) is 0 Å². The van der Waals surface area contributed by atoms with E-state index >= 15 is 0 Å². The first-order chi connectivity index (χ1) is 9.52. The highest BCUT2D eigenvalue weighted by Gasteiger charge is 2.41. The molecule has 0 aromatic rings. The molecule has 2 bridgehead atoms. The molecule has 2 rings (SSSR count). The lowest BCUT2D eigenvalue weighted by molar-refractivity contribution is -0.140. The van der Waals surface area contributed by atoms with Gasteiger partial charge < -0.3 is 10.6 Å². The summed E-state index contributed by atoms with van der Waals surface area (Å²) in [4.78, 5) is 13.9. The van der Waals surface area contributed by atoms with Crippen LogP contribution in [0.2, 0.25) is 0 Å². The highest BCUT2D eigenvalue weighted by atomic mass is 19.3. The summed E-state index contributed by atoms with van der Waals surface area (Å²) in [7, 11) is 0. The van der Waals surface area contributed by atoms with Crippen molar-refractivity contribution in [3.05, 3.63) is 0 Å². The molecular formula is C15H26F2N2O. The molecule has 2 unspecified atom stereocenters. The Morgan fingerprint density at radius 2 is 1.90 bits per heavy atom. The summed E-state index contributed by atoms with van der Waals surface area (Å²) >= 11 is 0. The van der Waals surface area contributed by atoms with Crippen molar-refractivity contribution in [2.24, 2.45) is 23.5 Å². The molecule has 5 heteroatoms. The van der Waals surface area contributed by atoms with Crippen molar-refractivity contribution in [2.75, 3.05) is 13.1 Å². The molecule has 2 aliphatic rings. The Kier molecular flexibility index (Phi) is 5.35. The van der Waals surface area contributed by atoms with E-state index in [9.17, 15) is 13.6 Å². The molecule has 3 nitrogen and oxygen atoms in total. The standard InChI is InChI=1S/C15H26F2N2O/c1-2-6-19(9-13(16)17)15(20)12-7-10-4-3-5-11(8-12)14(10)18/h10-14H,2-9,18H2,1H3. The SMILES string of the molecule is CCCN(CC(F)F)C(=O)C1CC2CCCC(C1)C2N. The Hall–Kier alpha value is -0.710. The average molecular weight is 288 g/mol. The van der Waals surface area contributed by atoms with Crippen molar-refractivity contribution in [3.63, 3.8) is 0 Å². The minimum absolute atomic E-state index is 0.0732. The van der Waals surface area contributed by atoms with E-state index in [4.69, 9.17) is 5.73 Å². The minimum atomic E-state index is -2.45. The zero-order chi connectivity index (χ0) is 14.7. The van der Waals surface area contributed by atoms with Gasteiger partial charge in [0.1, 0.15) is 0 Å². The minimum Gasteiger partial charge on any atom is -0.337 e. The van der Waals surface area contributed by atoms with Crippen LogP contribution in [-0.2, 0) is 4.79 Å². The van der Waals surface area contributed by atoms with Crippen molar-refractivity contribution < 1.29 is 13.6 Å². The summed E-state index contributed by atoms with van der Waals surface area (Å²) < 4.78 is 25.2. The van der Waals surface area contributed by atoms with Crippen molar-refractivity contribution in [1.82, 2.24) is 4.90 Å². The molecule has 2 saturated carbocycles. The Labute approximate surface area is 119 Å². The van der Waals surface area contributed by atoms with Gasteiger partial charge in [0, 0.05) is 18.5 Å². The van der Waals surface area contributed by atoms with Crippen molar-refractivity contribution in [1.29, 1.82) is 0 Å². The van der Waals surface area contributed by atoms with Gasteiger partial charge in [0.05, 0.1) is 6.54 Å². The first-order valence-electron chi connectivity index (χ1n) is 7.85. The summed E-state index contributed by atoms with van der Waals surface area (Å²) in [6.07, 6.45) is 3.22. The molecule has 1 amide bonds. The third-order valence-corrected chi connectivity index (χ3v) is 4.93. The van der Waals surface area contributed by atoms with Gasteiger partial charge in [-0.25, -0.2) is 8.78 Å². The van der Waals surface area contributed by atoms with E-state index in [-0.39, 0.29) is 17.9 Å². The number of fused-ring (bicyclic) bond motifs is 2. The molecule has 0 saturated heterocycles. The van der Waals surface area contributed by atoms with E-state index < -0.39 is 13.0 Å². The molecule has 2 atom stereocenters. The maximum Gasteiger partial charge on any atom is 0.255 e. The zero-order valence-corrected chi connectivity index (χ0v) is 12.2. The lowest BCUT2D eigenvalue weighted by atomic mass is 9.65. The van der Waals surface area contributed by atoms with Crippen LogP contribution in [0.3, 0.4) is 0 Å². The number of halogens is 2. The number of nitrogens with zero attached hydrogens (tertiary/aromatic N) is 1. The van der Waals surface area contributed by atoms with Crippen LogP contribution in [0, 0.1) is 17.8 Å². The van der Waals surface area contributed by atoms with Crippen LogP contribution in [0.25, 0.3) is 0 Å². The molecule has 0 aliphatic heterocycles. The molecule has 0 heterocycles. The van der Waals surface area contributed by atoms with Gasteiger partial charge in [-0.2, -0.15) is 0 Å². The fourth-order valence-electron chi connectivity index (χ4n) is 3.98. The van der Waals surface area contributed by atoms with Crippen LogP contribution in [0.4, 0.5) is 8.78 Å². The van der Waals surface area contributed by atoms with Crippen molar-refractivity contribution >= 4 is 5.91 Å². The van der Waals surface area contributed by atoms with Gasteiger partial charge in [-0.15, -0.1) is 0 Å². The van der Waals surface area contributed by atoms with Gasteiger partial charge >= 0.3 is 0 Å². The largest absolute Gasteiger partial charge is 0.337 e. The first kappa shape index (κ1) is 15.7. The maximum atomic E-state index is 12.6. The number of carbonyl (C=O) groups excluding carboxylic acids is 1. The number of nitrogens with two attached hydrogens (primary N) is 1. The molecule has 116 valence electrons. The lowest BCUT2D eigenvalue weighted by Gasteiger charge is -2.44. The molecular weight excluding hydrogens is 262 g/mol. The zero-order valence-electron chi connectivity index (χ0n) is 12.2. The first-order valence-corrected chi connectivity index (χ1v) is 7.85. The van der Waals surface area contributed by atoms with Crippen LogP contribution < -0.4 is 5.73 Å². The number of hydrogen-bond acceptors (Lipinski definition) is 2. The topological polar surface area (TPSA) is 46.3 Å². The summed E-state index contributed by atoms with van der Waals surface area (Å²) in [6.45, 7) is 1.92. The predicted molar refractivity (Wildman–Crippen MR) is 74.4 cm³/mol. The van der Waals surface area contributed by atoms with Crippen LogP contribution in [-0.4, -0.2) is 36.4 Å². The van der Waals surface area contributed by atoms with Crippen molar-refractivity contribution in [2.45, 2.75) is 57.9 Å². The summed E-state index contributed by atoms with van der Waals surface area (Å²) in [5.41, 5.74) is 6.22. The third-order valence-electron chi connectivity index (χ3n) is 4.93. The van der Waals surface area contributed by atoms with Gasteiger partial charge in [0.25, 0.3) is 6.43 Å². The Morgan fingerprint density at radius 3 is 2.40 bits per heavy atom. The van der Waals surface area contributed by atoms with E-state index in [1.165, 1.54) is 11.3 Å². The fraction of sp³-hybridized carbons (Fsp3) is 0.933. The monoisotopic (exact) mass is 288 g/mol. The number of carbonyl (C=O) groups is 1. The van der Waals surface area contributed by atoms with Crippen LogP contribution in [0.15, 0.2) is 0 Å². The second-order valence-electron chi connectivity index (χ2n) is 6.37. The van der Waals surface area contributed by atoms with Gasteiger partial charge in [-0.3, -0.25) is 4.79 Å². The second-order valence-corrected chi connectivity index (χ2v) is 6.37. The van der Waals surface area contributed by atoms with Crippen LogP contribution in [0.5, 0.6) is 0 Å². The quantitative estimate of drug-likeness (QED) is 0.845. The van der Waals surface area contributed by atoms with E-state index in [1.54, 1.807) is 0 Å². The number of amides is 1. The number of rotatable bonds is 5. The molecule has 0 spiro atoms. The summed E-state index contributed by atoms with van der Waals surface area (Å²) in [5, 5.41) is 0. The predicted octanol–water partition coefficient (Wildman–Crippen LogP) is 2.64. The van der Waals surface area contributed by atoms with E-state index in [0.717, 1.165) is 32.1 Å². The van der Waals surface area contributed by atoms with E-state index in [0.29, 0.717) is 18.4 Å². The van der Waals surface area contributed by atoms with E-state index in [1.807, 2.05) is 6.92 Å². The van der Waals surface area contributed by atoms with Gasteiger partial charge in [-0.1, -0.05) is 13.3 Å². The molecule has 20 heavy (non-hydrogen) atoms. The Balaban J connectivity index is 2.00. The Bertz CT molecular complexity index is 324. The molecule has 0 radical (unpaired) electrons. The fourth-order valence-corrected chi connectivity index (χ4v) is 3.98. The van der Waals surface area contributed by atoms with Gasteiger partial charge in [0.15, 0.2) is 0 Å². The highest BCUT2D eigenvalue weighted by Crippen LogP contribution is 2.42. The molecule has 2 fully saturated rings. The van der Waals surface area contributed by atoms with Crippen LogP contribution >= 0.6 is 0 Å². The number of alkyl halides is 2. The smallest absolute Gasteiger partial charge is 0.255 e. The maximum absolute atomic E-state index is 12.6. The second kappa shape index (κ2) is 6.83.